The Morgan fingerprint density at radius 2 is 1.85 bits per heavy atom. The SMILES string of the molecule is O=C(COc1cccc(-n2cnnc2)c1)Cc1ccc(Cl)c(C(F)(F)F)c1. The van der Waals surface area contributed by atoms with Gasteiger partial charge in [-0.1, -0.05) is 23.7 Å². The average molecular weight is 396 g/mol. The zero-order valence-electron chi connectivity index (χ0n) is 13.8. The third kappa shape index (κ3) is 4.85. The summed E-state index contributed by atoms with van der Waals surface area (Å²) in [5, 5.41) is 7.01. The summed E-state index contributed by atoms with van der Waals surface area (Å²) >= 11 is 5.58. The summed E-state index contributed by atoms with van der Waals surface area (Å²) in [5.41, 5.74) is 0.00747. The van der Waals surface area contributed by atoms with Gasteiger partial charge in [0.15, 0.2) is 5.78 Å². The lowest BCUT2D eigenvalue weighted by Crippen LogP contribution is -2.15. The smallest absolute Gasteiger partial charge is 0.417 e. The van der Waals surface area contributed by atoms with E-state index in [4.69, 9.17) is 16.3 Å². The van der Waals surface area contributed by atoms with Gasteiger partial charge in [-0.25, -0.2) is 0 Å². The third-order valence-electron chi connectivity index (χ3n) is 3.67. The van der Waals surface area contributed by atoms with Gasteiger partial charge in [-0.15, -0.1) is 10.2 Å². The van der Waals surface area contributed by atoms with Crippen LogP contribution >= 0.6 is 11.6 Å². The van der Waals surface area contributed by atoms with Crippen molar-refractivity contribution in [2.45, 2.75) is 12.6 Å². The van der Waals surface area contributed by atoms with Crippen molar-refractivity contribution in [2.75, 3.05) is 6.61 Å². The second-order valence-electron chi connectivity index (χ2n) is 5.68. The van der Waals surface area contributed by atoms with Crippen LogP contribution in [0.4, 0.5) is 13.2 Å². The van der Waals surface area contributed by atoms with E-state index >= 15 is 0 Å². The highest BCUT2D eigenvalue weighted by molar-refractivity contribution is 6.31. The Kier molecular flexibility index (Phi) is 5.46. The van der Waals surface area contributed by atoms with Crippen LogP contribution in [0.1, 0.15) is 11.1 Å². The number of rotatable bonds is 6. The summed E-state index contributed by atoms with van der Waals surface area (Å²) in [7, 11) is 0. The number of carbonyl (C=O) groups excluding carboxylic acids is 1. The van der Waals surface area contributed by atoms with Gasteiger partial charge in [0.05, 0.1) is 16.3 Å². The number of hydrogen-bond donors (Lipinski definition) is 0. The standard InChI is InChI=1S/C18H13ClF3N3O2/c19-17-5-4-12(7-16(17)18(20,21)22)6-14(26)9-27-15-3-1-2-13(8-15)25-10-23-24-11-25/h1-5,7-8,10-11H,6,9H2. The second-order valence-corrected chi connectivity index (χ2v) is 6.09. The van der Waals surface area contributed by atoms with Crippen molar-refractivity contribution >= 4 is 17.4 Å². The molecule has 3 aromatic rings. The molecule has 0 fully saturated rings. The summed E-state index contributed by atoms with van der Waals surface area (Å²) < 4.78 is 45.8. The van der Waals surface area contributed by atoms with E-state index in [2.05, 4.69) is 10.2 Å². The van der Waals surface area contributed by atoms with Gasteiger partial charge in [0, 0.05) is 12.5 Å². The van der Waals surface area contributed by atoms with Crippen LogP contribution in [0.3, 0.4) is 0 Å². The van der Waals surface area contributed by atoms with Gasteiger partial charge < -0.3 is 4.74 Å². The van der Waals surface area contributed by atoms with E-state index < -0.39 is 16.8 Å². The number of halogens is 4. The van der Waals surface area contributed by atoms with E-state index in [9.17, 15) is 18.0 Å². The molecular formula is C18H13ClF3N3O2. The highest BCUT2D eigenvalue weighted by atomic mass is 35.5. The molecule has 27 heavy (non-hydrogen) atoms. The largest absolute Gasteiger partial charge is 0.486 e. The fourth-order valence-corrected chi connectivity index (χ4v) is 2.63. The molecule has 1 heterocycles. The molecule has 3 rings (SSSR count). The molecule has 140 valence electrons. The minimum atomic E-state index is -4.57. The normalized spacial score (nSPS) is 11.4. The molecule has 0 saturated heterocycles. The maximum absolute atomic E-state index is 12.9. The van der Waals surface area contributed by atoms with Crippen molar-refractivity contribution in [2.24, 2.45) is 0 Å². The van der Waals surface area contributed by atoms with E-state index in [-0.39, 0.29) is 24.4 Å². The lowest BCUT2D eigenvalue weighted by Gasteiger charge is -2.11. The van der Waals surface area contributed by atoms with Crippen molar-refractivity contribution < 1.29 is 22.7 Å². The molecule has 0 aliphatic carbocycles. The Labute approximate surface area is 157 Å². The fraction of sp³-hybridized carbons (Fsp3) is 0.167. The number of Topliss-reactive ketones (excluding diaryl/α,β-unsaturated/α-hetero) is 1. The second kappa shape index (κ2) is 7.79. The number of benzene rings is 2. The van der Waals surface area contributed by atoms with Crippen molar-refractivity contribution in [3.63, 3.8) is 0 Å². The number of carbonyl (C=O) groups is 1. The minimum Gasteiger partial charge on any atom is -0.486 e. The molecule has 0 aliphatic rings. The molecule has 0 bridgehead atoms. The van der Waals surface area contributed by atoms with Gasteiger partial charge in [-0.05, 0) is 29.8 Å². The molecule has 0 saturated carbocycles. The number of alkyl halides is 3. The summed E-state index contributed by atoms with van der Waals surface area (Å²) in [4.78, 5) is 12.1. The van der Waals surface area contributed by atoms with Gasteiger partial charge in [0.2, 0.25) is 0 Å². The number of ether oxygens (including phenoxy) is 1. The molecule has 0 aliphatic heterocycles. The summed E-state index contributed by atoms with van der Waals surface area (Å²) in [6.07, 6.45) is -1.73. The van der Waals surface area contributed by atoms with Crippen LogP contribution in [0, 0.1) is 0 Å². The quantitative estimate of drug-likeness (QED) is 0.629. The van der Waals surface area contributed by atoms with Gasteiger partial charge >= 0.3 is 6.18 Å². The third-order valence-corrected chi connectivity index (χ3v) is 4.00. The molecule has 0 spiro atoms. The molecular weight excluding hydrogens is 383 g/mol. The number of nitrogens with zero attached hydrogens (tertiary/aromatic N) is 3. The van der Waals surface area contributed by atoms with Crippen molar-refractivity contribution in [1.82, 2.24) is 14.8 Å². The monoisotopic (exact) mass is 395 g/mol. The fourth-order valence-electron chi connectivity index (χ4n) is 2.41. The summed E-state index contributed by atoms with van der Waals surface area (Å²) in [5.74, 6) is 0.0850. The summed E-state index contributed by atoms with van der Waals surface area (Å²) in [6.45, 7) is -0.268. The first kappa shape index (κ1) is 18.9. The van der Waals surface area contributed by atoms with Crippen LogP contribution in [-0.4, -0.2) is 27.2 Å². The Balaban J connectivity index is 1.63. The van der Waals surface area contributed by atoms with Gasteiger partial charge in [0.1, 0.15) is 25.0 Å². The molecule has 2 aromatic carbocycles. The van der Waals surface area contributed by atoms with Crippen LogP contribution in [-0.2, 0) is 17.4 Å². The van der Waals surface area contributed by atoms with E-state index in [1.54, 1.807) is 22.8 Å². The first-order valence-corrected chi connectivity index (χ1v) is 8.16. The Morgan fingerprint density at radius 1 is 1.11 bits per heavy atom. The molecule has 0 N–H and O–H groups in total. The molecule has 1 aromatic heterocycles. The van der Waals surface area contributed by atoms with Gasteiger partial charge in [-0.3, -0.25) is 9.36 Å². The maximum Gasteiger partial charge on any atom is 0.417 e. The van der Waals surface area contributed by atoms with Gasteiger partial charge in [-0.2, -0.15) is 13.2 Å². The molecule has 9 heteroatoms. The number of hydrogen-bond acceptors (Lipinski definition) is 4. The van der Waals surface area contributed by atoms with E-state index in [1.165, 1.54) is 18.7 Å². The number of ketones is 1. The van der Waals surface area contributed by atoms with Crippen molar-refractivity contribution in [3.05, 3.63) is 71.3 Å². The van der Waals surface area contributed by atoms with Crippen LogP contribution in [0.5, 0.6) is 5.75 Å². The lowest BCUT2D eigenvalue weighted by molar-refractivity contribution is -0.137. The van der Waals surface area contributed by atoms with Crippen LogP contribution in [0.25, 0.3) is 5.69 Å². The highest BCUT2D eigenvalue weighted by Gasteiger charge is 2.33. The zero-order valence-corrected chi connectivity index (χ0v) is 14.5. The topological polar surface area (TPSA) is 57.0 Å². The Hall–Kier alpha value is -2.87. The van der Waals surface area contributed by atoms with Crippen molar-refractivity contribution in [3.8, 4) is 11.4 Å². The first-order valence-electron chi connectivity index (χ1n) is 7.78. The predicted molar refractivity (Wildman–Crippen MR) is 92.0 cm³/mol. The zero-order chi connectivity index (χ0) is 19.4. The first-order chi connectivity index (χ1) is 12.8. The van der Waals surface area contributed by atoms with Crippen LogP contribution in [0.15, 0.2) is 55.1 Å². The molecule has 0 unspecified atom stereocenters. The Morgan fingerprint density at radius 3 is 2.56 bits per heavy atom. The predicted octanol–water partition coefficient (Wildman–Crippen LogP) is 4.13. The van der Waals surface area contributed by atoms with Crippen LogP contribution < -0.4 is 4.74 Å². The lowest BCUT2D eigenvalue weighted by atomic mass is 10.1. The van der Waals surface area contributed by atoms with Gasteiger partial charge in [0.25, 0.3) is 0 Å². The average Bonchev–Trinajstić information content (AvgIpc) is 3.16. The van der Waals surface area contributed by atoms with E-state index in [0.29, 0.717) is 5.75 Å². The summed E-state index contributed by atoms with van der Waals surface area (Å²) in [6, 6.07) is 10.3. The van der Waals surface area contributed by atoms with E-state index in [0.717, 1.165) is 17.8 Å². The van der Waals surface area contributed by atoms with E-state index in [1.807, 2.05) is 6.07 Å². The Bertz CT molecular complexity index is 943. The maximum atomic E-state index is 12.9. The highest BCUT2D eigenvalue weighted by Crippen LogP contribution is 2.35. The molecule has 5 nitrogen and oxygen atoms in total. The van der Waals surface area contributed by atoms with Crippen LogP contribution in [0.2, 0.25) is 5.02 Å². The molecule has 0 atom stereocenters. The molecule has 0 amide bonds. The van der Waals surface area contributed by atoms with Crippen molar-refractivity contribution in [1.29, 1.82) is 0 Å². The molecule has 0 radical (unpaired) electrons. The minimum absolute atomic E-state index is 0.189. The number of aromatic nitrogens is 3.